The van der Waals surface area contributed by atoms with Gasteiger partial charge in [0.1, 0.15) is 6.23 Å². The highest BCUT2D eigenvalue weighted by Crippen LogP contribution is 2.52. The van der Waals surface area contributed by atoms with Gasteiger partial charge in [-0.3, -0.25) is 23.7 Å². The van der Waals surface area contributed by atoms with E-state index in [2.05, 4.69) is 9.97 Å². The fourth-order valence-corrected chi connectivity index (χ4v) is 6.67. The second kappa shape index (κ2) is 14.7. The van der Waals surface area contributed by atoms with E-state index in [1.54, 1.807) is 30.3 Å². The third-order valence-corrected chi connectivity index (χ3v) is 9.71. The Morgan fingerprint density at radius 2 is 1.54 bits per heavy atom. The Kier molecular flexibility index (Phi) is 11.1. The summed E-state index contributed by atoms with van der Waals surface area (Å²) < 4.78 is 42.2. The van der Waals surface area contributed by atoms with Gasteiger partial charge in [-0.05, 0) is 47.0 Å². The number of aliphatic hydroxyl groups excluding tert-OH is 1. The van der Waals surface area contributed by atoms with Gasteiger partial charge in [-0.2, -0.15) is 0 Å². The molecule has 4 N–H and O–H groups in total. The summed E-state index contributed by atoms with van der Waals surface area (Å²) >= 11 is 11.8. The van der Waals surface area contributed by atoms with Crippen LogP contribution >= 0.6 is 39.4 Å². The van der Waals surface area contributed by atoms with Crippen LogP contribution in [0, 0.1) is 13.8 Å². The van der Waals surface area contributed by atoms with Crippen molar-refractivity contribution < 1.29 is 33.1 Å². The van der Waals surface area contributed by atoms with E-state index in [9.17, 15) is 38.5 Å². The van der Waals surface area contributed by atoms with Gasteiger partial charge >= 0.3 is 38.5 Å². The third kappa shape index (κ3) is 7.54. The van der Waals surface area contributed by atoms with Crippen molar-refractivity contribution in [3.63, 3.8) is 0 Å². The summed E-state index contributed by atoms with van der Waals surface area (Å²) in [5.41, 5.74) is -2.26. The molecule has 2 aromatic heterocycles. The molecule has 15 nitrogen and oxygen atoms in total. The molecule has 1 fully saturated rings. The van der Waals surface area contributed by atoms with Crippen LogP contribution in [0.2, 0.25) is 10.0 Å². The molecule has 0 spiro atoms. The Hall–Kier alpha value is -3.94. The van der Waals surface area contributed by atoms with Crippen molar-refractivity contribution >= 4 is 39.4 Å². The van der Waals surface area contributed by atoms with Crippen LogP contribution < -0.4 is 31.5 Å². The minimum absolute atomic E-state index is 0.103. The smallest absolute Gasteiger partial charge is 0.393 e. The molecule has 19 heteroatoms. The van der Waals surface area contributed by atoms with Crippen molar-refractivity contribution in [2.75, 3.05) is 6.61 Å². The summed E-state index contributed by atoms with van der Waals surface area (Å²) in [5.74, 6) is 0.240. The number of aliphatic hydroxyl groups is 2. The lowest BCUT2D eigenvalue weighted by Crippen LogP contribution is -2.38. The summed E-state index contributed by atoms with van der Waals surface area (Å²) in [5, 5.41) is 18.8. The molecule has 0 saturated carbocycles. The average Bonchev–Trinajstić information content (AvgIpc) is 3.37. The average molecular weight is 715 g/mol. The highest BCUT2D eigenvalue weighted by Gasteiger charge is 2.64. The van der Waals surface area contributed by atoms with Crippen LogP contribution in [0.4, 0.5) is 0 Å². The molecule has 1 aliphatic heterocycles. The molecule has 0 radical (unpaired) electrons. The monoisotopic (exact) mass is 714 g/mol. The Bertz CT molecular complexity index is 2030. The predicted molar refractivity (Wildman–Crippen MR) is 167 cm³/mol. The van der Waals surface area contributed by atoms with Crippen molar-refractivity contribution in [2.45, 2.75) is 37.9 Å². The minimum atomic E-state index is -2.79. The maximum atomic E-state index is 12.7. The fourth-order valence-electron chi connectivity index (χ4n) is 4.11. The molecular formula is C27H26Cl2N4O11P2+2. The topological polar surface area (TPSA) is 212 Å². The lowest BCUT2D eigenvalue weighted by atomic mass is 10.2. The summed E-state index contributed by atoms with van der Waals surface area (Å²) in [6.07, 6.45) is -0.103. The van der Waals surface area contributed by atoms with Gasteiger partial charge in [0.25, 0.3) is 5.56 Å². The first-order chi connectivity index (χ1) is 21.8. The zero-order valence-electron chi connectivity index (χ0n) is 24.0. The van der Waals surface area contributed by atoms with Gasteiger partial charge in [0.15, 0.2) is 6.10 Å². The number of aryl methyl sites for hydroxylation is 2. The van der Waals surface area contributed by atoms with Crippen molar-refractivity contribution in [2.24, 2.45) is 0 Å². The van der Waals surface area contributed by atoms with Crippen LogP contribution in [0.3, 0.4) is 0 Å². The number of benzene rings is 2. The minimum Gasteiger partial charge on any atom is -0.393 e. The number of aromatic nitrogens is 4. The van der Waals surface area contributed by atoms with Gasteiger partial charge in [-0.25, -0.2) is 14.1 Å². The zero-order chi connectivity index (χ0) is 33.8. The van der Waals surface area contributed by atoms with Gasteiger partial charge in [-0.1, -0.05) is 47.5 Å². The molecule has 0 amide bonds. The van der Waals surface area contributed by atoms with Crippen LogP contribution in [-0.4, -0.2) is 47.1 Å². The number of hydrogen-bond donors (Lipinski definition) is 4. The molecule has 46 heavy (non-hydrogen) atoms. The molecule has 1 aliphatic rings. The number of nitrogens with one attached hydrogen (secondary N) is 2. The van der Waals surface area contributed by atoms with Gasteiger partial charge in [0.2, 0.25) is 11.5 Å². The van der Waals surface area contributed by atoms with Gasteiger partial charge in [0.05, 0.1) is 23.1 Å². The number of nitrogens with zero attached hydrogens (tertiary/aromatic N) is 2. The molecule has 0 aliphatic carbocycles. The number of rotatable bonds is 8. The number of hydrogen-bond acceptors (Lipinski definition) is 11. The maximum Gasteiger partial charge on any atom is 0.709 e. The summed E-state index contributed by atoms with van der Waals surface area (Å²) in [6, 6.07) is 12.6. The number of aromatic amines is 2. The highest BCUT2D eigenvalue weighted by molar-refractivity contribution is 7.41. The molecule has 5 atom stereocenters. The summed E-state index contributed by atoms with van der Waals surface area (Å²) in [4.78, 5) is 51.3. The number of para-hydroxylation sites is 2. The summed E-state index contributed by atoms with van der Waals surface area (Å²) in [6.45, 7) is 2.34. The lowest BCUT2D eigenvalue weighted by molar-refractivity contribution is -0.0571. The maximum absolute atomic E-state index is 12.7. The summed E-state index contributed by atoms with van der Waals surface area (Å²) in [7, 11) is -5.49. The van der Waals surface area contributed by atoms with Gasteiger partial charge in [0, 0.05) is 28.1 Å². The van der Waals surface area contributed by atoms with Crippen molar-refractivity contribution in [1.82, 2.24) is 18.9 Å². The SMILES string of the molecule is Cc1c[nH]c(=O)n([P+](=O)Oc2ccccc2Cl)c1=O.Cc1cn([C@H]2C[C@@](O)([P+](=O)Oc3ccccc3Cl)[C@@H](CO)O2)c(=O)[nH]c1=O. The molecule has 4 aromatic rings. The van der Waals surface area contributed by atoms with Crippen LogP contribution in [0.1, 0.15) is 23.8 Å². The number of ether oxygens (including phenoxy) is 1. The van der Waals surface area contributed by atoms with E-state index in [0.717, 1.165) is 4.57 Å². The van der Waals surface area contributed by atoms with E-state index in [1.807, 2.05) is 0 Å². The van der Waals surface area contributed by atoms with E-state index in [-0.39, 0.29) is 39.1 Å². The highest BCUT2D eigenvalue weighted by atomic mass is 35.5. The van der Waals surface area contributed by atoms with Crippen LogP contribution in [-0.2, 0) is 13.9 Å². The van der Waals surface area contributed by atoms with Crippen molar-refractivity contribution in [3.8, 4) is 11.5 Å². The van der Waals surface area contributed by atoms with Gasteiger partial charge < -0.3 is 19.9 Å². The first-order valence-corrected chi connectivity index (χ1v) is 16.2. The fraction of sp³-hybridized carbons (Fsp3) is 0.259. The van der Waals surface area contributed by atoms with Gasteiger partial charge in [-0.15, -0.1) is 0 Å². The third-order valence-electron chi connectivity index (χ3n) is 6.58. The molecular weight excluding hydrogens is 689 g/mol. The van der Waals surface area contributed by atoms with E-state index < -0.39 is 63.0 Å². The second-order valence-corrected chi connectivity index (χ2v) is 13.1. The Morgan fingerprint density at radius 3 is 2.13 bits per heavy atom. The lowest BCUT2D eigenvalue weighted by Gasteiger charge is -2.15. The quantitative estimate of drug-likeness (QED) is 0.194. The van der Waals surface area contributed by atoms with E-state index in [0.29, 0.717) is 4.34 Å². The van der Waals surface area contributed by atoms with Crippen LogP contribution in [0.5, 0.6) is 11.5 Å². The standard InChI is InChI=1S/C16H16ClN2O7P.C11H8ClN2O4P/c1-9-7-19(15(22)18-14(9)21)13-6-16(23,12(8-20)25-13)27(24)26-11-5-3-2-4-10(11)17;1-7-6-13-11(16)14(10(7)15)19(17)18-9-5-3-2-4-8(9)12/h2-5,7,12-13,20,23H,6,8H2,1H3;2-6H,1H3/p+2/t12-,13-,16-;/m1./s1. The zero-order valence-corrected chi connectivity index (χ0v) is 27.3. The molecule has 1 saturated heterocycles. The molecule has 5 rings (SSSR count). The van der Waals surface area contributed by atoms with E-state index in [1.165, 1.54) is 44.4 Å². The molecule has 0 bridgehead atoms. The van der Waals surface area contributed by atoms with E-state index in [4.69, 9.17) is 37.0 Å². The largest absolute Gasteiger partial charge is 0.709 e. The van der Waals surface area contributed by atoms with Crippen LogP contribution in [0.25, 0.3) is 0 Å². The van der Waals surface area contributed by atoms with Crippen molar-refractivity contribution in [3.05, 3.63) is 124 Å². The molecule has 2 aromatic carbocycles. The Labute approximate surface area is 270 Å². The first kappa shape index (κ1) is 34.9. The second-order valence-electron chi connectivity index (χ2n) is 9.76. The van der Waals surface area contributed by atoms with Crippen molar-refractivity contribution in [1.29, 1.82) is 0 Å². The van der Waals surface area contributed by atoms with Crippen LogP contribution in [0.15, 0.2) is 80.1 Å². The predicted octanol–water partition coefficient (Wildman–Crippen LogP) is 3.37. The number of halogens is 2. The molecule has 242 valence electrons. The number of H-pyrrole nitrogens is 2. The molecule has 2 unspecified atom stereocenters. The first-order valence-electron chi connectivity index (χ1n) is 13.2. The van der Waals surface area contributed by atoms with E-state index >= 15 is 0 Å². The Balaban J connectivity index is 0.000000222. The molecule has 3 heterocycles. The normalized spacial score (nSPS) is 19.5. The Morgan fingerprint density at radius 1 is 0.957 bits per heavy atom.